The maximum atomic E-state index is 8.96. The summed E-state index contributed by atoms with van der Waals surface area (Å²) in [4.78, 5) is 2.57. The topological polar surface area (TPSA) is 32.7 Å². The average molecular weight is 291 g/mol. The molecule has 0 bridgehead atoms. The zero-order valence-electron chi connectivity index (χ0n) is 13.5. The van der Waals surface area contributed by atoms with Crippen LogP contribution < -0.4 is 4.74 Å². The minimum absolute atomic E-state index is 0.320. The quantitative estimate of drug-likeness (QED) is 0.746. The first kappa shape index (κ1) is 16.3. The molecule has 0 amide bonds. The second-order valence-corrected chi connectivity index (χ2v) is 6.22. The van der Waals surface area contributed by atoms with Crippen LogP contribution in [0.5, 0.6) is 5.75 Å². The number of aryl methyl sites for hydroxylation is 2. The summed E-state index contributed by atoms with van der Waals surface area (Å²) in [5, 5.41) is 8.96. The molecule has 21 heavy (non-hydrogen) atoms. The molecule has 1 N–H and O–H groups in total. The van der Waals surface area contributed by atoms with Crippen LogP contribution in [0.3, 0.4) is 0 Å². The minimum Gasteiger partial charge on any atom is -0.494 e. The van der Waals surface area contributed by atoms with Crippen LogP contribution in [0.15, 0.2) is 18.2 Å². The monoisotopic (exact) mass is 291 g/mol. The third-order valence-corrected chi connectivity index (χ3v) is 4.25. The van der Waals surface area contributed by atoms with E-state index >= 15 is 0 Å². The zero-order chi connectivity index (χ0) is 15.1. The number of rotatable bonds is 8. The summed E-state index contributed by atoms with van der Waals surface area (Å²) < 4.78 is 5.88. The van der Waals surface area contributed by atoms with Crippen molar-refractivity contribution in [3.8, 4) is 5.75 Å². The van der Waals surface area contributed by atoms with Crippen LogP contribution in [0, 0.1) is 13.8 Å². The van der Waals surface area contributed by atoms with E-state index in [2.05, 4.69) is 36.9 Å². The lowest BCUT2D eigenvalue weighted by Crippen LogP contribution is -2.31. The summed E-state index contributed by atoms with van der Waals surface area (Å²) in [6, 6.07) is 7.06. The van der Waals surface area contributed by atoms with Crippen LogP contribution in [-0.2, 0) is 0 Å². The molecular formula is C18H29NO2. The molecule has 0 aromatic heterocycles. The lowest BCUT2D eigenvalue weighted by molar-refractivity contribution is 0.199. The minimum atomic E-state index is 0.320. The average Bonchev–Trinajstić information content (AvgIpc) is 2.88. The van der Waals surface area contributed by atoms with E-state index in [1.807, 2.05) is 0 Å². The van der Waals surface area contributed by atoms with Gasteiger partial charge in [0.1, 0.15) is 5.75 Å². The standard InChI is InChI=1S/C18H29NO2/c1-15-12-16(2)14-18(13-15)21-11-5-9-19-8-3-6-17(19)7-4-10-20/h12-14,17,20H,3-11H2,1-2H3. The van der Waals surface area contributed by atoms with Crippen molar-refractivity contribution < 1.29 is 9.84 Å². The molecule has 1 fully saturated rings. The van der Waals surface area contributed by atoms with Gasteiger partial charge in [-0.15, -0.1) is 0 Å². The maximum absolute atomic E-state index is 8.96. The second-order valence-electron chi connectivity index (χ2n) is 6.22. The van der Waals surface area contributed by atoms with Gasteiger partial charge in [0, 0.05) is 19.2 Å². The highest BCUT2D eigenvalue weighted by molar-refractivity contribution is 5.32. The zero-order valence-corrected chi connectivity index (χ0v) is 13.5. The van der Waals surface area contributed by atoms with Crippen molar-refractivity contribution in [1.82, 2.24) is 4.90 Å². The largest absolute Gasteiger partial charge is 0.494 e. The van der Waals surface area contributed by atoms with Crippen LogP contribution in [0.1, 0.15) is 43.2 Å². The Labute approximate surface area is 128 Å². The van der Waals surface area contributed by atoms with Crippen LogP contribution in [-0.4, -0.2) is 42.4 Å². The number of aliphatic hydroxyl groups is 1. The fraction of sp³-hybridized carbons (Fsp3) is 0.667. The molecule has 1 aliphatic heterocycles. The van der Waals surface area contributed by atoms with Gasteiger partial charge < -0.3 is 14.7 Å². The summed E-state index contributed by atoms with van der Waals surface area (Å²) in [5.74, 6) is 0.991. The van der Waals surface area contributed by atoms with Crippen molar-refractivity contribution in [2.75, 3.05) is 26.3 Å². The molecule has 1 atom stereocenters. The highest BCUT2D eigenvalue weighted by Gasteiger charge is 2.23. The predicted molar refractivity (Wildman–Crippen MR) is 86.9 cm³/mol. The third-order valence-electron chi connectivity index (χ3n) is 4.25. The Morgan fingerprint density at radius 2 is 1.95 bits per heavy atom. The van der Waals surface area contributed by atoms with E-state index in [0.29, 0.717) is 12.6 Å². The van der Waals surface area contributed by atoms with Crippen molar-refractivity contribution in [2.45, 2.75) is 52.0 Å². The van der Waals surface area contributed by atoms with E-state index in [4.69, 9.17) is 9.84 Å². The number of ether oxygens (including phenoxy) is 1. The van der Waals surface area contributed by atoms with Gasteiger partial charge in [0.25, 0.3) is 0 Å². The van der Waals surface area contributed by atoms with Gasteiger partial charge in [-0.25, -0.2) is 0 Å². The Balaban J connectivity index is 1.69. The Morgan fingerprint density at radius 1 is 1.19 bits per heavy atom. The van der Waals surface area contributed by atoms with Gasteiger partial charge >= 0.3 is 0 Å². The molecule has 0 radical (unpaired) electrons. The van der Waals surface area contributed by atoms with Gasteiger partial charge in [-0.3, -0.25) is 0 Å². The number of aliphatic hydroxyl groups excluding tert-OH is 1. The molecule has 118 valence electrons. The Morgan fingerprint density at radius 3 is 2.67 bits per heavy atom. The van der Waals surface area contributed by atoms with E-state index < -0.39 is 0 Å². The second kappa shape index (κ2) is 8.40. The van der Waals surface area contributed by atoms with E-state index in [9.17, 15) is 0 Å². The summed E-state index contributed by atoms with van der Waals surface area (Å²) in [6.45, 7) is 7.64. The van der Waals surface area contributed by atoms with Crippen LogP contribution in [0.25, 0.3) is 0 Å². The third kappa shape index (κ3) is 5.33. The van der Waals surface area contributed by atoms with Gasteiger partial charge in [-0.05, 0) is 75.8 Å². The predicted octanol–water partition coefficient (Wildman–Crippen LogP) is 3.31. The molecule has 1 aromatic carbocycles. The molecule has 1 unspecified atom stereocenters. The summed E-state index contributed by atoms with van der Waals surface area (Å²) >= 11 is 0. The first-order valence-corrected chi connectivity index (χ1v) is 8.25. The van der Waals surface area contributed by atoms with E-state index in [-0.39, 0.29) is 0 Å². The molecule has 1 aromatic rings. The first-order valence-electron chi connectivity index (χ1n) is 8.25. The van der Waals surface area contributed by atoms with E-state index in [1.165, 1.54) is 30.5 Å². The van der Waals surface area contributed by atoms with Gasteiger partial charge in [-0.1, -0.05) is 6.07 Å². The molecule has 0 saturated carbocycles. The van der Waals surface area contributed by atoms with Crippen molar-refractivity contribution in [3.63, 3.8) is 0 Å². The maximum Gasteiger partial charge on any atom is 0.119 e. The normalized spacial score (nSPS) is 19.1. The van der Waals surface area contributed by atoms with Crippen LogP contribution >= 0.6 is 0 Å². The molecular weight excluding hydrogens is 262 g/mol. The number of benzene rings is 1. The highest BCUT2D eigenvalue weighted by atomic mass is 16.5. The fourth-order valence-corrected chi connectivity index (χ4v) is 3.32. The fourth-order valence-electron chi connectivity index (χ4n) is 3.32. The molecule has 1 saturated heterocycles. The molecule has 2 rings (SSSR count). The van der Waals surface area contributed by atoms with Gasteiger partial charge in [0.2, 0.25) is 0 Å². The number of likely N-dealkylation sites (tertiary alicyclic amines) is 1. The van der Waals surface area contributed by atoms with Crippen LogP contribution in [0.2, 0.25) is 0 Å². The van der Waals surface area contributed by atoms with Crippen molar-refractivity contribution in [2.24, 2.45) is 0 Å². The number of hydrogen-bond donors (Lipinski definition) is 1. The van der Waals surface area contributed by atoms with Crippen molar-refractivity contribution >= 4 is 0 Å². The van der Waals surface area contributed by atoms with E-state index in [1.54, 1.807) is 0 Å². The van der Waals surface area contributed by atoms with E-state index in [0.717, 1.165) is 38.2 Å². The van der Waals surface area contributed by atoms with Crippen molar-refractivity contribution in [3.05, 3.63) is 29.3 Å². The highest BCUT2D eigenvalue weighted by Crippen LogP contribution is 2.21. The molecule has 0 aliphatic carbocycles. The SMILES string of the molecule is Cc1cc(C)cc(OCCCN2CCCC2CCCO)c1. The lowest BCUT2D eigenvalue weighted by atomic mass is 10.1. The summed E-state index contributed by atoms with van der Waals surface area (Å²) in [5.41, 5.74) is 2.52. The summed E-state index contributed by atoms with van der Waals surface area (Å²) in [7, 11) is 0. The van der Waals surface area contributed by atoms with Gasteiger partial charge in [0.15, 0.2) is 0 Å². The van der Waals surface area contributed by atoms with Gasteiger partial charge in [-0.2, -0.15) is 0 Å². The molecule has 0 spiro atoms. The Hall–Kier alpha value is -1.06. The smallest absolute Gasteiger partial charge is 0.119 e. The number of hydrogen-bond acceptors (Lipinski definition) is 3. The number of nitrogens with zero attached hydrogens (tertiary/aromatic N) is 1. The summed E-state index contributed by atoms with van der Waals surface area (Å²) in [6.07, 6.45) is 5.73. The van der Waals surface area contributed by atoms with Gasteiger partial charge in [0.05, 0.1) is 6.61 Å². The Kier molecular flexibility index (Phi) is 6.52. The molecule has 1 aliphatic rings. The molecule has 3 nitrogen and oxygen atoms in total. The van der Waals surface area contributed by atoms with Crippen LogP contribution in [0.4, 0.5) is 0 Å². The first-order chi connectivity index (χ1) is 10.2. The molecule has 1 heterocycles. The Bertz CT molecular complexity index is 413. The lowest BCUT2D eigenvalue weighted by Gasteiger charge is -2.24. The molecule has 3 heteroatoms. The van der Waals surface area contributed by atoms with Crippen molar-refractivity contribution in [1.29, 1.82) is 0 Å².